The van der Waals surface area contributed by atoms with Gasteiger partial charge >= 0.3 is 0 Å². The van der Waals surface area contributed by atoms with Crippen LogP contribution < -0.4 is 9.47 Å². The lowest BCUT2D eigenvalue weighted by Crippen LogP contribution is -2.33. The van der Waals surface area contributed by atoms with Gasteiger partial charge in [-0.2, -0.15) is 10.2 Å². The third kappa shape index (κ3) is 6.79. The van der Waals surface area contributed by atoms with E-state index in [1.807, 2.05) is 53.4 Å². The molecule has 0 aromatic heterocycles. The predicted molar refractivity (Wildman–Crippen MR) is 99.7 cm³/mol. The van der Waals surface area contributed by atoms with E-state index in [-0.39, 0.29) is 13.2 Å². The van der Waals surface area contributed by atoms with Crippen molar-refractivity contribution in [1.29, 1.82) is 0 Å². The van der Waals surface area contributed by atoms with Gasteiger partial charge in [0, 0.05) is 19.6 Å². The zero-order valence-electron chi connectivity index (χ0n) is 14.9. The Hall–Kier alpha value is -2.48. The van der Waals surface area contributed by atoms with Gasteiger partial charge in [0.05, 0.1) is 31.7 Å². The van der Waals surface area contributed by atoms with Gasteiger partial charge in [-0.05, 0) is 48.5 Å². The molecule has 26 heavy (non-hydrogen) atoms. The minimum atomic E-state index is 0.0634. The van der Waals surface area contributed by atoms with Crippen molar-refractivity contribution in [3.8, 4) is 11.5 Å². The molecule has 0 heterocycles. The standard InChI is InChI=1S/C19H25N3O4/c1-25-18-6-2-16(3-7-18)20-21-17-4-8-19(9-5-17)26-15-12-22(10-13-23)11-14-24/h2-9,23-24H,10-15H2,1H3. The molecule has 2 aromatic rings. The number of hydrogen-bond donors (Lipinski definition) is 2. The average molecular weight is 359 g/mol. The fourth-order valence-electron chi connectivity index (χ4n) is 2.28. The quantitative estimate of drug-likeness (QED) is 0.603. The number of azo groups is 1. The van der Waals surface area contributed by atoms with Crippen molar-refractivity contribution < 1.29 is 19.7 Å². The van der Waals surface area contributed by atoms with E-state index in [4.69, 9.17) is 19.7 Å². The van der Waals surface area contributed by atoms with Crippen LogP contribution in [0.1, 0.15) is 0 Å². The fraction of sp³-hybridized carbons (Fsp3) is 0.368. The van der Waals surface area contributed by atoms with E-state index >= 15 is 0 Å². The highest BCUT2D eigenvalue weighted by molar-refractivity contribution is 5.44. The number of ether oxygens (including phenoxy) is 2. The number of aliphatic hydroxyl groups is 2. The van der Waals surface area contributed by atoms with Crippen LogP contribution >= 0.6 is 0 Å². The first-order valence-electron chi connectivity index (χ1n) is 8.48. The SMILES string of the molecule is COc1ccc(N=Nc2ccc(OCCN(CCO)CCO)cc2)cc1. The second-order valence-corrected chi connectivity index (χ2v) is 5.53. The van der Waals surface area contributed by atoms with E-state index in [0.717, 1.165) is 22.9 Å². The molecule has 0 saturated carbocycles. The van der Waals surface area contributed by atoms with Crippen molar-refractivity contribution in [2.75, 3.05) is 46.6 Å². The summed E-state index contributed by atoms with van der Waals surface area (Å²) in [5, 5.41) is 26.3. The maximum atomic E-state index is 8.98. The second-order valence-electron chi connectivity index (χ2n) is 5.53. The van der Waals surface area contributed by atoms with Gasteiger partial charge in [0.25, 0.3) is 0 Å². The van der Waals surface area contributed by atoms with Crippen molar-refractivity contribution in [2.45, 2.75) is 0 Å². The van der Waals surface area contributed by atoms with Gasteiger partial charge in [-0.25, -0.2) is 0 Å². The lowest BCUT2D eigenvalue weighted by molar-refractivity contribution is 0.141. The molecule has 2 rings (SSSR count). The third-order valence-electron chi connectivity index (χ3n) is 3.70. The van der Waals surface area contributed by atoms with Crippen molar-refractivity contribution in [3.63, 3.8) is 0 Å². The summed E-state index contributed by atoms with van der Waals surface area (Å²) in [4.78, 5) is 1.94. The summed E-state index contributed by atoms with van der Waals surface area (Å²) in [5.74, 6) is 1.52. The summed E-state index contributed by atoms with van der Waals surface area (Å²) in [5.41, 5.74) is 1.48. The van der Waals surface area contributed by atoms with Crippen molar-refractivity contribution in [1.82, 2.24) is 4.90 Å². The normalized spacial score (nSPS) is 11.2. The first-order valence-corrected chi connectivity index (χ1v) is 8.48. The molecule has 0 radical (unpaired) electrons. The maximum Gasteiger partial charge on any atom is 0.119 e. The number of aliphatic hydroxyl groups excluding tert-OH is 2. The summed E-state index contributed by atoms with van der Waals surface area (Å²) < 4.78 is 10.8. The molecule has 0 bridgehead atoms. The lowest BCUT2D eigenvalue weighted by Gasteiger charge is -2.20. The van der Waals surface area contributed by atoms with Gasteiger partial charge in [0.1, 0.15) is 18.1 Å². The smallest absolute Gasteiger partial charge is 0.119 e. The van der Waals surface area contributed by atoms with Crippen LogP contribution in [0, 0.1) is 0 Å². The summed E-state index contributed by atoms with van der Waals surface area (Å²) in [6.45, 7) is 2.29. The minimum absolute atomic E-state index is 0.0634. The highest BCUT2D eigenvalue weighted by Crippen LogP contribution is 2.22. The van der Waals surface area contributed by atoms with Crippen LogP contribution in [0.4, 0.5) is 11.4 Å². The highest BCUT2D eigenvalue weighted by atomic mass is 16.5. The second kappa shape index (κ2) is 11.2. The number of hydrogen-bond acceptors (Lipinski definition) is 7. The molecule has 0 spiro atoms. The maximum absolute atomic E-state index is 8.98. The van der Waals surface area contributed by atoms with Crippen molar-refractivity contribution >= 4 is 11.4 Å². The van der Waals surface area contributed by atoms with E-state index in [1.54, 1.807) is 7.11 Å². The van der Waals surface area contributed by atoms with E-state index < -0.39 is 0 Å². The first-order chi connectivity index (χ1) is 12.7. The Balaban J connectivity index is 1.82. The minimum Gasteiger partial charge on any atom is -0.497 e. The van der Waals surface area contributed by atoms with Crippen LogP contribution in [0.25, 0.3) is 0 Å². The summed E-state index contributed by atoms with van der Waals surface area (Å²) >= 11 is 0. The van der Waals surface area contributed by atoms with Crippen LogP contribution in [-0.2, 0) is 0 Å². The molecular formula is C19H25N3O4. The van der Waals surface area contributed by atoms with Crippen LogP contribution in [0.2, 0.25) is 0 Å². The Kier molecular flexibility index (Phi) is 8.54. The first kappa shape index (κ1) is 19.8. The van der Waals surface area contributed by atoms with Gasteiger partial charge in [-0.15, -0.1) is 0 Å². The Morgan fingerprint density at radius 2 is 1.27 bits per heavy atom. The van der Waals surface area contributed by atoms with Crippen molar-refractivity contribution in [2.24, 2.45) is 10.2 Å². The summed E-state index contributed by atoms with van der Waals surface area (Å²) in [7, 11) is 1.62. The molecule has 2 aromatic carbocycles. The molecule has 2 N–H and O–H groups in total. The molecule has 0 saturated heterocycles. The zero-order valence-corrected chi connectivity index (χ0v) is 14.9. The largest absolute Gasteiger partial charge is 0.497 e. The summed E-state index contributed by atoms with van der Waals surface area (Å²) in [6.07, 6.45) is 0. The molecule has 0 fully saturated rings. The van der Waals surface area contributed by atoms with E-state index in [0.29, 0.717) is 26.2 Å². The Morgan fingerprint density at radius 3 is 1.73 bits per heavy atom. The Bertz CT molecular complexity index is 653. The van der Waals surface area contributed by atoms with E-state index in [9.17, 15) is 0 Å². The van der Waals surface area contributed by atoms with Gasteiger partial charge in [-0.1, -0.05) is 0 Å². The van der Waals surface area contributed by atoms with Gasteiger partial charge in [0.15, 0.2) is 0 Å². The highest BCUT2D eigenvalue weighted by Gasteiger charge is 2.03. The van der Waals surface area contributed by atoms with E-state index in [2.05, 4.69) is 10.2 Å². The molecule has 0 aliphatic carbocycles. The molecule has 0 amide bonds. The van der Waals surface area contributed by atoms with Crippen LogP contribution in [0.15, 0.2) is 58.8 Å². The number of methoxy groups -OCH3 is 1. The number of benzene rings is 2. The topological polar surface area (TPSA) is 86.9 Å². The fourth-order valence-corrected chi connectivity index (χ4v) is 2.28. The molecule has 7 nitrogen and oxygen atoms in total. The van der Waals surface area contributed by atoms with Crippen LogP contribution in [-0.4, -0.2) is 61.7 Å². The number of rotatable bonds is 11. The summed E-state index contributed by atoms with van der Waals surface area (Å²) in [6, 6.07) is 14.7. The molecule has 140 valence electrons. The van der Waals surface area contributed by atoms with Gasteiger partial charge in [-0.3, -0.25) is 4.90 Å². The molecule has 0 unspecified atom stereocenters. The van der Waals surface area contributed by atoms with Crippen LogP contribution in [0.3, 0.4) is 0 Å². The van der Waals surface area contributed by atoms with Gasteiger partial charge in [0.2, 0.25) is 0 Å². The predicted octanol–water partition coefficient (Wildman–Crippen LogP) is 2.78. The van der Waals surface area contributed by atoms with E-state index in [1.165, 1.54) is 0 Å². The van der Waals surface area contributed by atoms with Crippen molar-refractivity contribution in [3.05, 3.63) is 48.5 Å². The van der Waals surface area contributed by atoms with Crippen LogP contribution in [0.5, 0.6) is 11.5 Å². The lowest BCUT2D eigenvalue weighted by atomic mass is 10.3. The average Bonchev–Trinajstić information content (AvgIpc) is 2.68. The third-order valence-corrected chi connectivity index (χ3v) is 3.70. The monoisotopic (exact) mass is 359 g/mol. The Labute approximate surface area is 153 Å². The molecular weight excluding hydrogens is 334 g/mol. The number of nitrogens with zero attached hydrogens (tertiary/aromatic N) is 3. The molecule has 0 atom stereocenters. The van der Waals surface area contributed by atoms with Gasteiger partial charge < -0.3 is 19.7 Å². The molecule has 7 heteroatoms. The molecule has 0 aliphatic heterocycles. The Morgan fingerprint density at radius 1 is 0.769 bits per heavy atom. The zero-order chi connectivity index (χ0) is 18.6. The molecule has 0 aliphatic rings.